The molecule has 1 aliphatic heterocycles. The number of hydrogen-bond donors (Lipinski definition) is 4. The van der Waals surface area contributed by atoms with E-state index in [0.29, 0.717) is 12.0 Å². The van der Waals surface area contributed by atoms with Gasteiger partial charge in [-0.3, -0.25) is 14.4 Å². The summed E-state index contributed by atoms with van der Waals surface area (Å²) >= 11 is 0. The molecule has 6 N–H and O–H groups in total. The molecule has 0 aromatic rings. The molecular formula is C28H39N3O8. The Bertz CT molecular complexity index is 1130. The molecule has 0 spiro atoms. The van der Waals surface area contributed by atoms with Gasteiger partial charge in [-0.25, -0.2) is 4.79 Å². The second-order valence-electron chi connectivity index (χ2n) is 9.97. The quantitative estimate of drug-likeness (QED) is 0.303. The lowest BCUT2D eigenvalue weighted by Gasteiger charge is -2.29. The number of aliphatic hydroxyl groups is 1. The molecule has 0 saturated heterocycles. The topological polar surface area (TPSA) is 180 Å². The SMILES string of the molecule is CO[C@H]1/C=C\C=C(/C)C(=O)NC2=CC(=O)C(N)=C(C[C@@H](C)C[C@H](OC)[C@H](O)[C@@H](C)/C=C(/C)[C@@H]1OC(N)=O)C2=O. The number of methoxy groups -OCH3 is 2. The summed E-state index contributed by atoms with van der Waals surface area (Å²) in [7, 11) is 2.90. The number of carbonyl (C=O) groups is 4. The van der Waals surface area contributed by atoms with Gasteiger partial charge in [0.15, 0.2) is 6.10 Å². The molecule has 1 aliphatic carbocycles. The van der Waals surface area contributed by atoms with Crippen LogP contribution in [0.5, 0.6) is 0 Å². The van der Waals surface area contributed by atoms with Crippen LogP contribution in [0.15, 0.2) is 58.5 Å². The van der Waals surface area contributed by atoms with Crippen LogP contribution in [0.4, 0.5) is 4.79 Å². The van der Waals surface area contributed by atoms with Crippen molar-refractivity contribution in [3.63, 3.8) is 0 Å². The average Bonchev–Trinajstić information content (AvgIpc) is 2.88. The van der Waals surface area contributed by atoms with E-state index in [9.17, 15) is 24.3 Å². The number of primary amides is 1. The number of carbonyl (C=O) groups excluding carboxylic acids is 4. The van der Waals surface area contributed by atoms with Gasteiger partial charge in [-0.15, -0.1) is 0 Å². The number of Topliss-reactive ketones (excluding diaryl/α,β-unsaturated/α-hetero) is 1. The molecule has 214 valence electrons. The van der Waals surface area contributed by atoms with Crippen molar-refractivity contribution in [3.8, 4) is 0 Å². The van der Waals surface area contributed by atoms with Gasteiger partial charge < -0.3 is 36.1 Å². The molecule has 11 heteroatoms. The Balaban J connectivity index is 2.58. The van der Waals surface area contributed by atoms with Crippen molar-refractivity contribution in [1.29, 1.82) is 0 Å². The highest BCUT2D eigenvalue weighted by molar-refractivity contribution is 6.23. The first-order valence-electron chi connectivity index (χ1n) is 12.6. The van der Waals surface area contributed by atoms with Gasteiger partial charge in [0.25, 0.3) is 5.91 Å². The van der Waals surface area contributed by atoms with E-state index in [1.807, 2.05) is 6.92 Å². The summed E-state index contributed by atoms with van der Waals surface area (Å²) in [6.45, 7) is 6.89. The lowest BCUT2D eigenvalue weighted by molar-refractivity contribution is -0.120. The third kappa shape index (κ3) is 8.22. The number of fused-ring (bicyclic) bond motifs is 2. The van der Waals surface area contributed by atoms with E-state index in [-0.39, 0.29) is 34.9 Å². The van der Waals surface area contributed by atoms with Crippen LogP contribution in [0.2, 0.25) is 0 Å². The monoisotopic (exact) mass is 545 g/mol. The summed E-state index contributed by atoms with van der Waals surface area (Å²) in [5.41, 5.74) is 11.9. The van der Waals surface area contributed by atoms with Crippen molar-refractivity contribution in [2.75, 3.05) is 14.2 Å². The Kier molecular flexibility index (Phi) is 11.4. The van der Waals surface area contributed by atoms with Gasteiger partial charge in [0.1, 0.15) is 6.10 Å². The zero-order valence-corrected chi connectivity index (χ0v) is 23.2. The average molecular weight is 546 g/mol. The fourth-order valence-corrected chi connectivity index (χ4v) is 4.61. The highest BCUT2D eigenvalue weighted by atomic mass is 16.6. The summed E-state index contributed by atoms with van der Waals surface area (Å²) < 4.78 is 16.4. The minimum absolute atomic E-state index is 0.104. The number of amides is 2. The summed E-state index contributed by atoms with van der Waals surface area (Å²) in [4.78, 5) is 50.1. The van der Waals surface area contributed by atoms with E-state index in [0.717, 1.165) is 6.08 Å². The van der Waals surface area contributed by atoms with Crippen LogP contribution in [0.3, 0.4) is 0 Å². The molecule has 2 rings (SSSR count). The first kappa shape index (κ1) is 31.7. The minimum atomic E-state index is -1.00. The van der Waals surface area contributed by atoms with E-state index >= 15 is 0 Å². The van der Waals surface area contributed by atoms with Gasteiger partial charge >= 0.3 is 6.09 Å². The standard InChI is InChI=1S/C28H39N3O8/c1-14-10-18-23(29)20(32)13-19(25(18)34)31-27(35)15(2)8-7-9-21(37-5)26(39-28(30)36)17(4)12-16(3)24(33)22(11-14)38-6/h7-9,12-14,16,21-22,24,26,33H,10-11,29H2,1-6H3,(H2,30,36)(H,31,35)/b9-7-,15-8+,17-12-/t14-,16+,21+,22+,24-,26+/m1/s1. The van der Waals surface area contributed by atoms with Crippen LogP contribution in [-0.4, -0.2) is 67.3 Å². The maximum Gasteiger partial charge on any atom is 0.405 e. The van der Waals surface area contributed by atoms with Gasteiger partial charge in [-0.05, 0) is 38.2 Å². The summed E-state index contributed by atoms with van der Waals surface area (Å²) in [5.74, 6) is -2.37. The van der Waals surface area contributed by atoms with Crippen molar-refractivity contribution in [2.45, 2.75) is 65.0 Å². The lowest BCUT2D eigenvalue weighted by Crippen LogP contribution is -2.37. The van der Waals surface area contributed by atoms with Crippen molar-refractivity contribution in [2.24, 2.45) is 23.3 Å². The first-order valence-corrected chi connectivity index (χ1v) is 12.6. The van der Waals surface area contributed by atoms with Gasteiger partial charge in [0.2, 0.25) is 11.6 Å². The number of nitrogens with one attached hydrogen (secondary N) is 1. The van der Waals surface area contributed by atoms with E-state index < -0.39 is 53.9 Å². The smallest absolute Gasteiger partial charge is 0.405 e. The van der Waals surface area contributed by atoms with Crippen LogP contribution in [0.25, 0.3) is 0 Å². The van der Waals surface area contributed by atoms with Gasteiger partial charge in [-0.2, -0.15) is 0 Å². The summed E-state index contributed by atoms with van der Waals surface area (Å²) in [6.07, 6.45) is 3.55. The molecule has 2 aliphatic rings. The second kappa shape index (κ2) is 14.0. The highest BCUT2D eigenvalue weighted by Gasteiger charge is 2.32. The Morgan fingerprint density at radius 1 is 1.13 bits per heavy atom. The number of allylic oxidation sites excluding steroid dienone is 4. The summed E-state index contributed by atoms with van der Waals surface area (Å²) in [5, 5.41) is 13.6. The van der Waals surface area contributed by atoms with Crippen LogP contribution in [0.1, 0.15) is 40.5 Å². The van der Waals surface area contributed by atoms with Gasteiger partial charge in [-0.1, -0.05) is 38.2 Å². The van der Waals surface area contributed by atoms with Gasteiger partial charge in [0, 0.05) is 37.4 Å². The molecule has 0 aromatic carbocycles. The van der Waals surface area contributed by atoms with Crippen molar-refractivity contribution in [1.82, 2.24) is 5.32 Å². The van der Waals surface area contributed by atoms with E-state index in [4.69, 9.17) is 25.7 Å². The zero-order chi connectivity index (χ0) is 29.4. The minimum Gasteiger partial charge on any atom is -0.439 e. The molecule has 0 saturated carbocycles. The molecule has 1 heterocycles. The fraction of sp³-hybridized carbons (Fsp3) is 0.500. The van der Waals surface area contributed by atoms with Crippen molar-refractivity contribution >= 4 is 23.6 Å². The molecule has 11 nitrogen and oxygen atoms in total. The van der Waals surface area contributed by atoms with Crippen LogP contribution in [0, 0.1) is 11.8 Å². The van der Waals surface area contributed by atoms with E-state index in [1.54, 1.807) is 26.0 Å². The predicted octanol–water partition coefficient (Wildman–Crippen LogP) is 1.72. The highest BCUT2D eigenvalue weighted by Crippen LogP contribution is 2.28. The molecular weight excluding hydrogens is 506 g/mol. The summed E-state index contributed by atoms with van der Waals surface area (Å²) in [6, 6.07) is 0. The molecule has 0 aromatic heterocycles. The van der Waals surface area contributed by atoms with Crippen LogP contribution < -0.4 is 16.8 Å². The Hall–Kier alpha value is -3.54. The number of ether oxygens (including phenoxy) is 3. The molecule has 0 radical (unpaired) electrons. The number of nitrogens with two attached hydrogens (primary N) is 2. The Morgan fingerprint density at radius 3 is 2.38 bits per heavy atom. The number of aliphatic hydroxyl groups excluding tert-OH is 1. The van der Waals surface area contributed by atoms with Crippen molar-refractivity contribution in [3.05, 3.63) is 58.5 Å². The third-order valence-electron chi connectivity index (χ3n) is 6.84. The normalized spacial score (nSPS) is 33.3. The van der Waals surface area contributed by atoms with Crippen LogP contribution in [-0.2, 0) is 28.6 Å². The molecule has 0 unspecified atom stereocenters. The fourth-order valence-electron chi connectivity index (χ4n) is 4.61. The van der Waals surface area contributed by atoms with E-state index in [1.165, 1.54) is 33.3 Å². The molecule has 6 atom stereocenters. The first-order chi connectivity index (χ1) is 18.3. The number of rotatable bonds is 3. The van der Waals surface area contributed by atoms with E-state index in [2.05, 4.69) is 5.32 Å². The number of ketones is 2. The predicted molar refractivity (Wildman–Crippen MR) is 144 cm³/mol. The molecule has 0 fully saturated rings. The Labute approximate surface area is 228 Å². The van der Waals surface area contributed by atoms with Crippen molar-refractivity contribution < 1.29 is 38.5 Å². The molecule has 39 heavy (non-hydrogen) atoms. The maximum atomic E-state index is 13.2. The van der Waals surface area contributed by atoms with Gasteiger partial charge in [0.05, 0.1) is 23.6 Å². The molecule has 2 bridgehead atoms. The lowest BCUT2D eigenvalue weighted by atomic mass is 9.85. The largest absolute Gasteiger partial charge is 0.439 e. The maximum absolute atomic E-state index is 13.2. The third-order valence-corrected chi connectivity index (χ3v) is 6.84. The van der Waals surface area contributed by atoms with Crippen LogP contribution >= 0.6 is 0 Å². The Morgan fingerprint density at radius 2 is 1.79 bits per heavy atom. The zero-order valence-electron chi connectivity index (χ0n) is 23.2. The molecule has 2 amide bonds. The second-order valence-corrected chi connectivity index (χ2v) is 9.97. The number of hydrogen-bond acceptors (Lipinski definition) is 9.